The van der Waals surface area contributed by atoms with Crippen molar-refractivity contribution in [2.75, 3.05) is 37.8 Å². The minimum Gasteiger partial charge on any atom is -0.466 e. The minimum atomic E-state index is -3.40. The van der Waals surface area contributed by atoms with E-state index in [2.05, 4.69) is 5.32 Å². The maximum Gasteiger partial charge on any atom is 0.310 e. The van der Waals surface area contributed by atoms with Crippen molar-refractivity contribution >= 4 is 39.0 Å². The van der Waals surface area contributed by atoms with E-state index in [9.17, 15) is 18.0 Å². The second-order valence-electron chi connectivity index (χ2n) is 6.29. The molecule has 1 saturated heterocycles. The molecule has 1 aromatic rings. The Hall–Kier alpha value is -1.64. The van der Waals surface area contributed by atoms with Crippen LogP contribution >= 0.6 is 11.6 Å². The van der Waals surface area contributed by atoms with Crippen LogP contribution in [-0.2, 0) is 24.2 Å². The van der Waals surface area contributed by atoms with E-state index in [0.717, 1.165) is 19.1 Å². The van der Waals surface area contributed by atoms with Gasteiger partial charge in [0.15, 0.2) is 9.84 Å². The zero-order valence-electron chi connectivity index (χ0n) is 14.8. The van der Waals surface area contributed by atoms with Gasteiger partial charge in [-0.05, 0) is 44.5 Å². The van der Waals surface area contributed by atoms with Crippen molar-refractivity contribution in [1.29, 1.82) is 0 Å². The Bertz CT molecular complexity index is 781. The number of carbonyl (C=O) groups is 2. The molecule has 0 spiro atoms. The van der Waals surface area contributed by atoms with Crippen molar-refractivity contribution in [3.8, 4) is 0 Å². The molecule has 0 aromatic heterocycles. The summed E-state index contributed by atoms with van der Waals surface area (Å²) in [6.07, 6.45) is 2.64. The molecule has 1 aliphatic heterocycles. The lowest BCUT2D eigenvalue weighted by Gasteiger charge is -2.30. The van der Waals surface area contributed by atoms with Crippen LogP contribution in [0, 0.1) is 5.92 Å². The van der Waals surface area contributed by atoms with E-state index in [-0.39, 0.29) is 39.9 Å². The number of esters is 1. The number of benzene rings is 1. The number of anilines is 1. The molecule has 7 nitrogen and oxygen atoms in total. The number of ether oxygens (including phenoxy) is 1. The van der Waals surface area contributed by atoms with Crippen molar-refractivity contribution < 1.29 is 22.7 Å². The van der Waals surface area contributed by atoms with Crippen LogP contribution in [0.25, 0.3) is 0 Å². The summed E-state index contributed by atoms with van der Waals surface area (Å²) in [7, 11) is -3.40. The van der Waals surface area contributed by atoms with Gasteiger partial charge in [0.1, 0.15) is 0 Å². The van der Waals surface area contributed by atoms with E-state index >= 15 is 0 Å². The number of nitrogens with zero attached hydrogens (tertiary/aromatic N) is 1. The van der Waals surface area contributed by atoms with Crippen LogP contribution in [0.15, 0.2) is 23.1 Å². The first kappa shape index (κ1) is 20.7. The second-order valence-corrected chi connectivity index (χ2v) is 8.71. The predicted molar refractivity (Wildman–Crippen MR) is 99.0 cm³/mol. The van der Waals surface area contributed by atoms with Crippen molar-refractivity contribution in [3.63, 3.8) is 0 Å². The van der Waals surface area contributed by atoms with Crippen LogP contribution in [0.1, 0.15) is 19.8 Å². The molecule has 0 aliphatic carbocycles. The lowest BCUT2D eigenvalue weighted by molar-refractivity contribution is -0.150. The molecular formula is C17H23ClN2O5S. The predicted octanol–water partition coefficient (Wildman–Crippen LogP) is 1.96. The molecule has 1 N–H and O–H groups in total. The zero-order chi connectivity index (χ0) is 19.3. The topological polar surface area (TPSA) is 92.8 Å². The first-order valence-corrected chi connectivity index (χ1v) is 10.7. The van der Waals surface area contributed by atoms with Gasteiger partial charge >= 0.3 is 5.97 Å². The van der Waals surface area contributed by atoms with Gasteiger partial charge in [0, 0.05) is 12.8 Å². The van der Waals surface area contributed by atoms with E-state index < -0.39 is 9.84 Å². The first-order chi connectivity index (χ1) is 12.2. The Morgan fingerprint density at radius 3 is 2.77 bits per heavy atom. The molecule has 1 aliphatic rings. The average molecular weight is 403 g/mol. The number of nitrogens with one attached hydrogen (secondary N) is 1. The molecule has 0 bridgehead atoms. The maximum absolute atomic E-state index is 12.3. The standard InChI is InChI=1S/C17H23ClN2O5S/c1-3-25-17(22)12-5-4-8-20(10-12)11-16(21)19-15-9-13(26(2,23)24)6-7-14(15)18/h6-7,9,12H,3-5,8,10-11H2,1-2H3,(H,19,21)/t12-/m1/s1. The van der Waals surface area contributed by atoms with E-state index in [0.29, 0.717) is 19.7 Å². The van der Waals surface area contributed by atoms with Gasteiger partial charge in [0.2, 0.25) is 5.91 Å². The molecule has 0 unspecified atom stereocenters. The number of likely N-dealkylation sites (tertiary alicyclic amines) is 1. The average Bonchev–Trinajstić information content (AvgIpc) is 2.56. The van der Waals surface area contributed by atoms with E-state index in [4.69, 9.17) is 16.3 Å². The highest BCUT2D eigenvalue weighted by Crippen LogP contribution is 2.25. The summed E-state index contributed by atoms with van der Waals surface area (Å²) in [6, 6.07) is 4.17. The van der Waals surface area contributed by atoms with Crippen molar-refractivity contribution in [3.05, 3.63) is 23.2 Å². The summed E-state index contributed by atoms with van der Waals surface area (Å²) >= 11 is 6.05. The highest BCUT2D eigenvalue weighted by atomic mass is 35.5. The highest BCUT2D eigenvalue weighted by Gasteiger charge is 2.27. The van der Waals surface area contributed by atoms with Gasteiger partial charge in [0.25, 0.3) is 0 Å². The van der Waals surface area contributed by atoms with Gasteiger partial charge in [-0.1, -0.05) is 11.6 Å². The fourth-order valence-corrected chi connectivity index (χ4v) is 3.69. The maximum atomic E-state index is 12.3. The molecule has 26 heavy (non-hydrogen) atoms. The summed E-state index contributed by atoms with van der Waals surface area (Å²) in [4.78, 5) is 26.2. The Morgan fingerprint density at radius 2 is 2.12 bits per heavy atom. The number of amides is 1. The van der Waals surface area contributed by atoms with Gasteiger partial charge in [-0.2, -0.15) is 0 Å². The molecule has 1 amide bonds. The number of hydrogen-bond donors (Lipinski definition) is 1. The molecule has 0 radical (unpaired) electrons. The Kier molecular flexibility index (Phi) is 7.02. The SMILES string of the molecule is CCOC(=O)[C@@H]1CCCN(CC(=O)Nc2cc(S(C)(=O)=O)ccc2Cl)C1. The third-order valence-electron chi connectivity index (χ3n) is 4.13. The van der Waals surface area contributed by atoms with Crippen molar-refractivity contribution in [2.24, 2.45) is 5.92 Å². The van der Waals surface area contributed by atoms with Crippen LogP contribution in [-0.4, -0.2) is 57.7 Å². The van der Waals surface area contributed by atoms with Crippen LogP contribution in [0.4, 0.5) is 5.69 Å². The number of halogens is 1. The summed E-state index contributed by atoms with van der Waals surface area (Å²) < 4.78 is 28.3. The van der Waals surface area contributed by atoms with E-state index in [1.54, 1.807) is 6.92 Å². The van der Waals surface area contributed by atoms with Gasteiger partial charge in [-0.25, -0.2) is 8.42 Å². The fourth-order valence-electron chi connectivity index (χ4n) is 2.88. The minimum absolute atomic E-state index is 0.0811. The normalized spacial score (nSPS) is 18.3. The molecule has 9 heteroatoms. The third kappa shape index (κ3) is 5.69. The molecule has 2 rings (SSSR count). The van der Waals surface area contributed by atoms with Crippen LogP contribution in [0.2, 0.25) is 5.02 Å². The Labute approximate surface area is 158 Å². The Morgan fingerprint density at radius 1 is 1.38 bits per heavy atom. The van der Waals surface area contributed by atoms with Gasteiger partial charge < -0.3 is 10.1 Å². The Balaban J connectivity index is 1.99. The van der Waals surface area contributed by atoms with Gasteiger partial charge in [0.05, 0.1) is 34.7 Å². The number of piperidine rings is 1. The smallest absolute Gasteiger partial charge is 0.310 e. The van der Waals surface area contributed by atoms with Crippen molar-refractivity contribution in [2.45, 2.75) is 24.7 Å². The number of carbonyl (C=O) groups excluding carboxylic acids is 2. The molecular weight excluding hydrogens is 380 g/mol. The lowest BCUT2D eigenvalue weighted by Crippen LogP contribution is -2.43. The molecule has 144 valence electrons. The largest absolute Gasteiger partial charge is 0.466 e. The molecule has 1 fully saturated rings. The third-order valence-corrected chi connectivity index (χ3v) is 5.57. The number of rotatable bonds is 6. The first-order valence-electron chi connectivity index (χ1n) is 8.39. The summed E-state index contributed by atoms with van der Waals surface area (Å²) in [5.41, 5.74) is 0.249. The lowest BCUT2D eigenvalue weighted by atomic mass is 9.98. The van der Waals surface area contributed by atoms with Gasteiger partial charge in [-0.15, -0.1) is 0 Å². The van der Waals surface area contributed by atoms with E-state index in [1.165, 1.54) is 18.2 Å². The quantitative estimate of drug-likeness (QED) is 0.731. The molecule has 1 heterocycles. The van der Waals surface area contributed by atoms with E-state index in [1.807, 2.05) is 4.90 Å². The van der Waals surface area contributed by atoms with Crippen LogP contribution in [0.5, 0.6) is 0 Å². The second kappa shape index (κ2) is 8.83. The van der Waals surface area contributed by atoms with Gasteiger partial charge in [-0.3, -0.25) is 14.5 Å². The molecule has 1 atom stereocenters. The summed E-state index contributed by atoms with van der Waals surface area (Å²) in [5, 5.41) is 2.90. The van der Waals surface area contributed by atoms with Crippen LogP contribution < -0.4 is 5.32 Å². The number of hydrogen-bond acceptors (Lipinski definition) is 6. The molecule has 0 saturated carbocycles. The number of sulfone groups is 1. The highest BCUT2D eigenvalue weighted by molar-refractivity contribution is 7.90. The summed E-state index contributed by atoms with van der Waals surface area (Å²) in [6.45, 7) is 3.37. The molecule has 1 aromatic carbocycles. The zero-order valence-corrected chi connectivity index (χ0v) is 16.4. The monoisotopic (exact) mass is 402 g/mol. The van der Waals surface area contributed by atoms with Crippen molar-refractivity contribution in [1.82, 2.24) is 4.90 Å². The summed E-state index contributed by atoms with van der Waals surface area (Å²) in [5.74, 6) is -0.780. The fraction of sp³-hybridized carbons (Fsp3) is 0.529. The van der Waals surface area contributed by atoms with Crippen LogP contribution in [0.3, 0.4) is 0 Å².